The lowest BCUT2D eigenvalue weighted by molar-refractivity contribution is -0.386. The number of esters is 1. The van der Waals surface area contributed by atoms with Crippen LogP contribution >= 0.6 is 0 Å². The van der Waals surface area contributed by atoms with Crippen molar-refractivity contribution < 1.29 is 28.8 Å². The summed E-state index contributed by atoms with van der Waals surface area (Å²) >= 11 is 0. The number of anilines is 1. The van der Waals surface area contributed by atoms with Crippen molar-refractivity contribution in [1.82, 2.24) is 0 Å². The number of nitrogens with zero attached hydrogens (tertiary/aromatic N) is 1. The molecule has 0 saturated heterocycles. The quantitative estimate of drug-likeness (QED) is 0.336. The number of nitrogens with one attached hydrogen (secondary N) is 1. The molecule has 9 nitrogen and oxygen atoms in total. The highest BCUT2D eigenvalue weighted by molar-refractivity contribution is 5.98. The van der Waals surface area contributed by atoms with Gasteiger partial charge >= 0.3 is 11.7 Å². The average molecular weight is 386 g/mol. The fourth-order valence-corrected chi connectivity index (χ4v) is 2.31. The van der Waals surface area contributed by atoms with Gasteiger partial charge in [0.25, 0.3) is 5.91 Å². The molecule has 1 amide bonds. The van der Waals surface area contributed by atoms with Crippen molar-refractivity contribution in [3.8, 4) is 5.75 Å². The summed E-state index contributed by atoms with van der Waals surface area (Å²) in [6.07, 6.45) is -1.08. The molecule has 0 aliphatic carbocycles. The second-order valence-corrected chi connectivity index (χ2v) is 5.82. The van der Waals surface area contributed by atoms with Gasteiger partial charge in [-0.15, -0.1) is 0 Å². The summed E-state index contributed by atoms with van der Waals surface area (Å²) in [6.45, 7) is 2.83. The number of rotatable bonds is 7. The van der Waals surface area contributed by atoms with Crippen LogP contribution in [0.4, 0.5) is 11.4 Å². The number of ether oxygens (including phenoxy) is 2. The first-order valence-electron chi connectivity index (χ1n) is 8.18. The minimum Gasteiger partial charge on any atom is -0.474 e. The van der Waals surface area contributed by atoms with Crippen molar-refractivity contribution in [2.24, 2.45) is 0 Å². The summed E-state index contributed by atoms with van der Waals surface area (Å²) in [4.78, 5) is 45.8. The molecule has 1 atom stereocenters. The van der Waals surface area contributed by atoms with E-state index in [-0.39, 0.29) is 17.1 Å². The number of Topliss-reactive ketones (excluding diaryl/α,β-unsaturated/α-hetero) is 1. The van der Waals surface area contributed by atoms with Crippen LogP contribution in [0.3, 0.4) is 0 Å². The summed E-state index contributed by atoms with van der Waals surface area (Å²) in [5.74, 6) is -1.61. The predicted octanol–water partition coefficient (Wildman–Crippen LogP) is 2.99. The summed E-state index contributed by atoms with van der Waals surface area (Å²) < 4.78 is 9.95. The molecule has 28 heavy (non-hydrogen) atoms. The van der Waals surface area contributed by atoms with Crippen LogP contribution in [0.2, 0.25) is 0 Å². The lowest BCUT2D eigenvalue weighted by atomic mass is 10.1. The molecule has 0 aliphatic rings. The Morgan fingerprint density at radius 2 is 1.82 bits per heavy atom. The fraction of sp³-hybridized carbons (Fsp3) is 0.211. The van der Waals surface area contributed by atoms with Crippen LogP contribution in [0.1, 0.15) is 34.6 Å². The van der Waals surface area contributed by atoms with E-state index in [9.17, 15) is 24.5 Å². The van der Waals surface area contributed by atoms with Gasteiger partial charge in [0.15, 0.2) is 17.6 Å². The Morgan fingerprint density at radius 1 is 1.11 bits per heavy atom. The normalized spacial score (nSPS) is 11.2. The van der Waals surface area contributed by atoms with Crippen LogP contribution in [0.15, 0.2) is 42.5 Å². The zero-order valence-corrected chi connectivity index (χ0v) is 15.4. The second kappa shape index (κ2) is 8.76. The molecule has 2 aromatic rings. The molecule has 0 fully saturated rings. The molecule has 0 heterocycles. The SMILES string of the molecule is COC(=O)c1ccc(O[C@H](C)C(=O)Nc2cccc(C(C)=O)c2)c([N+](=O)[O-])c1. The van der Waals surface area contributed by atoms with Crippen molar-refractivity contribution in [3.05, 3.63) is 63.7 Å². The van der Waals surface area contributed by atoms with Crippen LogP contribution in [0.25, 0.3) is 0 Å². The van der Waals surface area contributed by atoms with Crippen molar-refractivity contribution in [3.63, 3.8) is 0 Å². The fourth-order valence-electron chi connectivity index (χ4n) is 2.31. The molecule has 146 valence electrons. The number of nitro groups is 1. The Hall–Kier alpha value is -3.75. The van der Waals surface area contributed by atoms with E-state index in [1.54, 1.807) is 18.2 Å². The first kappa shape index (κ1) is 20.6. The van der Waals surface area contributed by atoms with Gasteiger partial charge in [0.1, 0.15) is 0 Å². The molecule has 0 bridgehead atoms. The Morgan fingerprint density at radius 3 is 2.43 bits per heavy atom. The van der Waals surface area contributed by atoms with Crippen LogP contribution in [-0.2, 0) is 9.53 Å². The van der Waals surface area contributed by atoms with Gasteiger partial charge in [-0.3, -0.25) is 19.7 Å². The van der Waals surface area contributed by atoms with E-state index < -0.39 is 28.6 Å². The monoisotopic (exact) mass is 386 g/mol. The number of hydrogen-bond acceptors (Lipinski definition) is 7. The van der Waals surface area contributed by atoms with E-state index in [1.807, 2.05) is 0 Å². The number of carbonyl (C=O) groups excluding carboxylic acids is 3. The van der Waals surface area contributed by atoms with Gasteiger partial charge in [-0.05, 0) is 38.1 Å². The summed E-state index contributed by atoms with van der Waals surface area (Å²) in [6, 6.07) is 9.89. The lowest BCUT2D eigenvalue weighted by Crippen LogP contribution is -2.30. The van der Waals surface area contributed by atoms with Crippen molar-refractivity contribution >= 4 is 29.0 Å². The topological polar surface area (TPSA) is 125 Å². The van der Waals surface area contributed by atoms with Crippen LogP contribution in [0.5, 0.6) is 5.75 Å². The van der Waals surface area contributed by atoms with E-state index in [2.05, 4.69) is 10.1 Å². The van der Waals surface area contributed by atoms with Gasteiger partial charge in [-0.1, -0.05) is 12.1 Å². The van der Waals surface area contributed by atoms with Gasteiger partial charge in [0.05, 0.1) is 17.6 Å². The van der Waals surface area contributed by atoms with Crippen LogP contribution in [0, 0.1) is 10.1 Å². The van der Waals surface area contributed by atoms with Crippen molar-refractivity contribution in [2.75, 3.05) is 12.4 Å². The molecule has 0 unspecified atom stereocenters. The maximum Gasteiger partial charge on any atom is 0.338 e. The second-order valence-electron chi connectivity index (χ2n) is 5.82. The average Bonchev–Trinajstić information content (AvgIpc) is 2.67. The number of benzene rings is 2. The summed E-state index contributed by atoms with van der Waals surface area (Å²) in [5, 5.41) is 13.9. The standard InChI is InChI=1S/C19H18N2O7/c1-11(22)13-5-4-6-15(9-13)20-18(23)12(2)28-17-8-7-14(19(24)27-3)10-16(17)21(25)26/h4-10,12H,1-3H3,(H,20,23)/t12-/m1/s1. The Balaban J connectivity index is 2.17. The molecule has 1 N–H and O–H groups in total. The van der Waals surface area contributed by atoms with Gasteiger partial charge in [-0.25, -0.2) is 4.79 Å². The van der Waals surface area contributed by atoms with E-state index in [0.717, 1.165) is 13.2 Å². The molecule has 2 aromatic carbocycles. The van der Waals surface area contributed by atoms with E-state index in [0.29, 0.717) is 11.3 Å². The molecule has 9 heteroatoms. The highest BCUT2D eigenvalue weighted by Crippen LogP contribution is 2.29. The molecule has 0 saturated carbocycles. The number of amides is 1. The summed E-state index contributed by atoms with van der Waals surface area (Å²) in [7, 11) is 1.16. The Labute approximate surface area is 160 Å². The zero-order chi connectivity index (χ0) is 20.8. The van der Waals surface area contributed by atoms with E-state index in [1.165, 1.54) is 32.0 Å². The molecule has 2 rings (SSSR count). The van der Waals surface area contributed by atoms with E-state index >= 15 is 0 Å². The highest BCUT2D eigenvalue weighted by atomic mass is 16.6. The highest BCUT2D eigenvalue weighted by Gasteiger charge is 2.23. The molecule has 0 aliphatic heterocycles. The maximum atomic E-state index is 12.3. The lowest BCUT2D eigenvalue weighted by Gasteiger charge is -2.15. The third-order valence-electron chi connectivity index (χ3n) is 3.79. The molecular formula is C19H18N2O7. The van der Waals surface area contributed by atoms with Gasteiger partial charge in [-0.2, -0.15) is 0 Å². The Bertz CT molecular complexity index is 940. The zero-order valence-electron chi connectivity index (χ0n) is 15.4. The van der Waals surface area contributed by atoms with Gasteiger partial charge in [0.2, 0.25) is 0 Å². The number of methoxy groups -OCH3 is 1. The summed E-state index contributed by atoms with van der Waals surface area (Å²) in [5.41, 5.74) is 0.338. The van der Waals surface area contributed by atoms with Gasteiger partial charge < -0.3 is 14.8 Å². The van der Waals surface area contributed by atoms with Gasteiger partial charge in [0, 0.05) is 17.3 Å². The smallest absolute Gasteiger partial charge is 0.338 e. The predicted molar refractivity (Wildman–Crippen MR) is 99.6 cm³/mol. The maximum absolute atomic E-state index is 12.3. The minimum atomic E-state index is -1.08. The third-order valence-corrected chi connectivity index (χ3v) is 3.79. The largest absolute Gasteiger partial charge is 0.474 e. The number of ketones is 1. The van der Waals surface area contributed by atoms with Crippen molar-refractivity contribution in [1.29, 1.82) is 0 Å². The number of hydrogen-bond donors (Lipinski definition) is 1. The van der Waals surface area contributed by atoms with E-state index in [4.69, 9.17) is 4.74 Å². The molecular weight excluding hydrogens is 368 g/mol. The first-order valence-corrected chi connectivity index (χ1v) is 8.18. The first-order chi connectivity index (χ1) is 13.2. The minimum absolute atomic E-state index is 0.0142. The van der Waals surface area contributed by atoms with Crippen molar-refractivity contribution in [2.45, 2.75) is 20.0 Å². The number of nitro benzene ring substituents is 1. The molecule has 0 radical (unpaired) electrons. The number of carbonyl (C=O) groups is 3. The van der Waals surface area contributed by atoms with Crippen LogP contribution < -0.4 is 10.1 Å². The van der Waals surface area contributed by atoms with Crippen LogP contribution in [-0.4, -0.2) is 35.8 Å². The third kappa shape index (κ3) is 4.91. The molecule has 0 spiro atoms. The Kier molecular flexibility index (Phi) is 6.43. The molecule has 0 aromatic heterocycles.